The van der Waals surface area contributed by atoms with Crippen molar-refractivity contribution in [1.29, 1.82) is 0 Å². The fraction of sp³-hybridized carbons (Fsp3) is 0.120. The third-order valence-electron chi connectivity index (χ3n) is 5.45. The molecule has 1 aliphatic rings. The molecule has 34 heavy (non-hydrogen) atoms. The normalized spacial score (nSPS) is 11.9. The van der Waals surface area contributed by atoms with E-state index in [4.69, 9.17) is 9.47 Å². The summed E-state index contributed by atoms with van der Waals surface area (Å²) in [5.74, 6) is 1.58. The summed E-state index contributed by atoms with van der Waals surface area (Å²) < 4.78 is 10.7. The summed E-state index contributed by atoms with van der Waals surface area (Å²) in [6.45, 7) is 0.497. The van der Waals surface area contributed by atoms with E-state index < -0.39 is 4.92 Å². The lowest BCUT2D eigenvalue weighted by atomic mass is 9.99. The van der Waals surface area contributed by atoms with Crippen LogP contribution in [0.1, 0.15) is 22.7 Å². The van der Waals surface area contributed by atoms with E-state index in [1.165, 1.54) is 6.33 Å². The Balaban J connectivity index is 1.44. The van der Waals surface area contributed by atoms with Gasteiger partial charge in [0, 0.05) is 6.54 Å². The van der Waals surface area contributed by atoms with Gasteiger partial charge in [-0.05, 0) is 28.8 Å². The predicted octanol–water partition coefficient (Wildman–Crippen LogP) is 4.93. The third kappa shape index (κ3) is 4.44. The van der Waals surface area contributed by atoms with Crippen LogP contribution in [0.2, 0.25) is 0 Å². The number of rotatable bonds is 8. The predicted molar refractivity (Wildman–Crippen MR) is 127 cm³/mol. The van der Waals surface area contributed by atoms with Crippen molar-refractivity contribution in [1.82, 2.24) is 9.97 Å². The molecule has 3 aromatic carbocycles. The van der Waals surface area contributed by atoms with Gasteiger partial charge in [-0.3, -0.25) is 10.1 Å². The van der Waals surface area contributed by atoms with Gasteiger partial charge in [0.05, 0.1) is 11.0 Å². The van der Waals surface area contributed by atoms with E-state index in [1.54, 1.807) is 0 Å². The lowest BCUT2D eigenvalue weighted by molar-refractivity contribution is -0.383. The summed E-state index contributed by atoms with van der Waals surface area (Å²) in [6.07, 6.45) is 1.31. The molecule has 1 aliphatic heterocycles. The molecule has 0 unspecified atom stereocenters. The Morgan fingerprint density at radius 2 is 1.53 bits per heavy atom. The molecule has 5 rings (SSSR count). The average molecular weight is 455 g/mol. The smallest absolute Gasteiger partial charge is 0.353 e. The number of aromatic nitrogens is 2. The van der Waals surface area contributed by atoms with Crippen LogP contribution in [-0.4, -0.2) is 21.7 Å². The minimum Gasteiger partial charge on any atom is -0.454 e. The van der Waals surface area contributed by atoms with Gasteiger partial charge in [-0.1, -0.05) is 66.7 Å². The summed E-state index contributed by atoms with van der Waals surface area (Å²) >= 11 is 0. The van der Waals surface area contributed by atoms with Crippen LogP contribution in [0.25, 0.3) is 0 Å². The molecule has 0 saturated heterocycles. The van der Waals surface area contributed by atoms with Gasteiger partial charge >= 0.3 is 5.69 Å². The number of hydrogen-bond acceptors (Lipinski definition) is 8. The third-order valence-corrected chi connectivity index (χ3v) is 5.45. The Labute approximate surface area is 195 Å². The van der Waals surface area contributed by atoms with E-state index in [0.29, 0.717) is 18.0 Å². The first-order valence-corrected chi connectivity index (χ1v) is 10.7. The van der Waals surface area contributed by atoms with E-state index >= 15 is 0 Å². The summed E-state index contributed by atoms with van der Waals surface area (Å²) in [7, 11) is 0. The number of hydrogen-bond donors (Lipinski definition) is 2. The Bertz CT molecular complexity index is 1260. The summed E-state index contributed by atoms with van der Waals surface area (Å²) in [5, 5.41) is 18.4. The van der Waals surface area contributed by atoms with Crippen LogP contribution in [0, 0.1) is 10.1 Å². The Kier molecular flexibility index (Phi) is 5.89. The zero-order valence-corrected chi connectivity index (χ0v) is 18.0. The standard InChI is InChI=1S/C25H21N5O4/c31-30(32)23-24(26-14-17-11-12-20-21(13-17)34-16-33-20)27-15-28-25(23)29-22(18-7-3-1-4-8-18)19-9-5-2-6-10-19/h1-13,15,22H,14,16H2,(H2,26,27,28,29). The van der Waals surface area contributed by atoms with Crippen LogP contribution in [-0.2, 0) is 6.54 Å². The van der Waals surface area contributed by atoms with Crippen molar-refractivity contribution in [2.45, 2.75) is 12.6 Å². The molecule has 0 amide bonds. The van der Waals surface area contributed by atoms with Crippen molar-refractivity contribution >= 4 is 17.3 Å². The Morgan fingerprint density at radius 1 is 0.882 bits per heavy atom. The maximum absolute atomic E-state index is 12.1. The van der Waals surface area contributed by atoms with Crippen molar-refractivity contribution in [2.75, 3.05) is 17.4 Å². The number of nitro groups is 1. The summed E-state index contributed by atoms with van der Waals surface area (Å²) in [5.41, 5.74) is 2.56. The first-order valence-electron chi connectivity index (χ1n) is 10.7. The molecule has 0 spiro atoms. The van der Waals surface area contributed by atoms with E-state index in [-0.39, 0.29) is 30.2 Å². The van der Waals surface area contributed by atoms with E-state index in [2.05, 4.69) is 20.6 Å². The van der Waals surface area contributed by atoms with E-state index in [0.717, 1.165) is 16.7 Å². The quantitative estimate of drug-likeness (QED) is 0.284. The van der Waals surface area contributed by atoms with Crippen LogP contribution >= 0.6 is 0 Å². The van der Waals surface area contributed by atoms with E-state index in [1.807, 2.05) is 78.9 Å². The number of anilines is 2. The van der Waals surface area contributed by atoms with Gasteiger partial charge in [0.2, 0.25) is 18.4 Å². The first-order chi connectivity index (χ1) is 16.7. The fourth-order valence-corrected chi connectivity index (χ4v) is 3.81. The highest BCUT2D eigenvalue weighted by Crippen LogP contribution is 2.35. The first kappa shape index (κ1) is 21.2. The van der Waals surface area contributed by atoms with Crippen molar-refractivity contribution in [3.63, 3.8) is 0 Å². The number of nitrogens with zero attached hydrogens (tertiary/aromatic N) is 3. The molecule has 0 fully saturated rings. The maximum Gasteiger partial charge on any atom is 0.353 e. The topological polar surface area (TPSA) is 111 Å². The largest absolute Gasteiger partial charge is 0.454 e. The minimum absolute atomic E-state index is 0.125. The van der Waals surface area contributed by atoms with Crippen LogP contribution in [0.15, 0.2) is 85.2 Å². The highest BCUT2D eigenvalue weighted by molar-refractivity contribution is 5.70. The SMILES string of the molecule is O=[N+]([O-])c1c(NCc2ccc3c(c2)OCO3)ncnc1NC(c1ccccc1)c1ccccc1. The molecule has 0 radical (unpaired) electrons. The second kappa shape index (κ2) is 9.45. The van der Waals surface area contributed by atoms with Crippen LogP contribution in [0.4, 0.5) is 17.3 Å². The van der Waals surface area contributed by atoms with Crippen LogP contribution < -0.4 is 20.1 Å². The second-order valence-corrected chi connectivity index (χ2v) is 7.62. The lowest BCUT2D eigenvalue weighted by Crippen LogP contribution is -2.16. The molecule has 0 aliphatic carbocycles. The molecule has 0 bridgehead atoms. The highest BCUT2D eigenvalue weighted by Gasteiger charge is 2.26. The van der Waals surface area contributed by atoms with Gasteiger partial charge in [0.15, 0.2) is 11.5 Å². The van der Waals surface area contributed by atoms with Crippen molar-refractivity contribution in [3.05, 3.63) is 112 Å². The lowest BCUT2D eigenvalue weighted by Gasteiger charge is -2.20. The van der Waals surface area contributed by atoms with Crippen molar-refractivity contribution < 1.29 is 14.4 Å². The zero-order valence-electron chi connectivity index (χ0n) is 18.0. The zero-order chi connectivity index (χ0) is 23.3. The Hall–Kier alpha value is -4.66. The summed E-state index contributed by atoms with van der Waals surface area (Å²) in [4.78, 5) is 20.0. The molecule has 9 heteroatoms. The van der Waals surface area contributed by atoms with E-state index in [9.17, 15) is 10.1 Å². The number of nitrogens with one attached hydrogen (secondary N) is 2. The Morgan fingerprint density at radius 3 is 2.21 bits per heavy atom. The highest BCUT2D eigenvalue weighted by atomic mass is 16.7. The molecular weight excluding hydrogens is 434 g/mol. The molecule has 4 aromatic rings. The van der Waals surface area contributed by atoms with Crippen molar-refractivity contribution in [3.8, 4) is 11.5 Å². The van der Waals surface area contributed by atoms with Crippen LogP contribution in [0.3, 0.4) is 0 Å². The monoisotopic (exact) mass is 455 g/mol. The average Bonchev–Trinajstić information content (AvgIpc) is 3.35. The molecule has 2 N–H and O–H groups in total. The fourth-order valence-electron chi connectivity index (χ4n) is 3.81. The van der Waals surface area contributed by atoms with Gasteiger partial charge in [-0.15, -0.1) is 0 Å². The van der Waals surface area contributed by atoms with Crippen LogP contribution in [0.5, 0.6) is 11.5 Å². The van der Waals surface area contributed by atoms with Gasteiger partial charge in [-0.2, -0.15) is 0 Å². The molecule has 2 heterocycles. The molecule has 0 atom stereocenters. The molecule has 0 saturated carbocycles. The number of benzene rings is 3. The number of fused-ring (bicyclic) bond motifs is 1. The van der Waals surface area contributed by atoms with Gasteiger partial charge in [0.1, 0.15) is 6.33 Å². The molecule has 9 nitrogen and oxygen atoms in total. The van der Waals surface area contributed by atoms with Crippen molar-refractivity contribution in [2.24, 2.45) is 0 Å². The molecule has 170 valence electrons. The summed E-state index contributed by atoms with van der Waals surface area (Å²) in [6, 6.07) is 24.6. The number of ether oxygens (including phenoxy) is 2. The van der Waals surface area contributed by atoms with Gasteiger partial charge < -0.3 is 20.1 Å². The molecular formula is C25H21N5O4. The van der Waals surface area contributed by atoms with Gasteiger partial charge in [-0.25, -0.2) is 9.97 Å². The molecule has 1 aromatic heterocycles. The van der Waals surface area contributed by atoms with Gasteiger partial charge in [0.25, 0.3) is 0 Å². The second-order valence-electron chi connectivity index (χ2n) is 7.62. The minimum atomic E-state index is -0.475. The maximum atomic E-state index is 12.1.